The van der Waals surface area contributed by atoms with Gasteiger partial charge in [-0.15, -0.1) is 0 Å². The van der Waals surface area contributed by atoms with Crippen molar-refractivity contribution in [2.24, 2.45) is 0 Å². The molecule has 6 heteroatoms. The third kappa shape index (κ3) is 4.80. The molecule has 2 aromatic rings. The average molecular weight is 388 g/mol. The lowest BCUT2D eigenvalue weighted by atomic mass is 10.1. The number of amides is 1. The molecule has 27 heavy (non-hydrogen) atoms. The molecule has 1 heterocycles. The molecule has 142 valence electrons. The number of hydrogen-bond donors (Lipinski definition) is 1. The van der Waals surface area contributed by atoms with Crippen LogP contribution in [-0.4, -0.2) is 23.6 Å². The van der Waals surface area contributed by atoms with Crippen molar-refractivity contribution in [3.63, 3.8) is 0 Å². The SMILES string of the molecule is O=C(O)CCCCCCOc1cccc2c1CN(c1ccc(Cl)cc1)C2=O. The molecule has 1 aliphatic rings. The lowest BCUT2D eigenvalue weighted by Gasteiger charge is -2.16. The molecule has 0 bridgehead atoms. The van der Waals surface area contributed by atoms with Gasteiger partial charge in [0.05, 0.1) is 13.2 Å². The molecule has 0 saturated heterocycles. The van der Waals surface area contributed by atoms with E-state index in [4.69, 9.17) is 21.4 Å². The maximum Gasteiger partial charge on any atom is 0.303 e. The summed E-state index contributed by atoms with van der Waals surface area (Å²) < 4.78 is 5.91. The van der Waals surface area contributed by atoms with Crippen molar-refractivity contribution in [2.75, 3.05) is 11.5 Å². The lowest BCUT2D eigenvalue weighted by Crippen LogP contribution is -2.22. The van der Waals surface area contributed by atoms with Gasteiger partial charge in [-0.1, -0.05) is 30.5 Å². The molecule has 1 amide bonds. The third-order valence-corrected chi connectivity index (χ3v) is 4.86. The molecule has 0 spiro atoms. The van der Waals surface area contributed by atoms with E-state index in [1.807, 2.05) is 30.3 Å². The van der Waals surface area contributed by atoms with Crippen LogP contribution in [0, 0.1) is 0 Å². The normalized spacial score (nSPS) is 12.9. The van der Waals surface area contributed by atoms with Crippen LogP contribution in [0.1, 0.15) is 48.0 Å². The number of rotatable bonds is 9. The number of carboxylic acid groups (broad SMARTS) is 1. The van der Waals surface area contributed by atoms with Crippen LogP contribution in [0.3, 0.4) is 0 Å². The summed E-state index contributed by atoms with van der Waals surface area (Å²) in [5, 5.41) is 9.26. The van der Waals surface area contributed by atoms with E-state index in [1.54, 1.807) is 17.0 Å². The van der Waals surface area contributed by atoms with Crippen molar-refractivity contribution in [1.82, 2.24) is 0 Å². The highest BCUT2D eigenvalue weighted by Crippen LogP contribution is 2.34. The molecule has 2 aromatic carbocycles. The average Bonchev–Trinajstić information content (AvgIpc) is 2.99. The van der Waals surface area contributed by atoms with Gasteiger partial charge in [0.2, 0.25) is 0 Å². The summed E-state index contributed by atoms with van der Waals surface area (Å²) in [6.45, 7) is 1.03. The molecule has 0 atom stereocenters. The Kier molecular flexibility index (Phi) is 6.35. The van der Waals surface area contributed by atoms with Crippen LogP contribution in [0.2, 0.25) is 5.02 Å². The highest BCUT2D eigenvalue weighted by atomic mass is 35.5. The van der Waals surface area contributed by atoms with Gasteiger partial charge in [-0.2, -0.15) is 0 Å². The summed E-state index contributed by atoms with van der Waals surface area (Å²) >= 11 is 5.93. The van der Waals surface area contributed by atoms with Gasteiger partial charge in [0, 0.05) is 28.3 Å². The standard InChI is InChI=1S/C21H22ClNO4/c22-15-9-11-16(12-10-15)23-14-18-17(21(23)26)6-5-7-19(18)27-13-4-2-1-3-8-20(24)25/h5-7,9-12H,1-4,8,13-14H2,(H,24,25). The summed E-state index contributed by atoms with van der Waals surface area (Å²) in [7, 11) is 0. The number of aliphatic carboxylic acids is 1. The van der Waals surface area contributed by atoms with Crippen molar-refractivity contribution in [3.8, 4) is 5.75 Å². The molecule has 0 saturated carbocycles. The Hall–Kier alpha value is -2.53. The minimum absolute atomic E-state index is 0.0357. The van der Waals surface area contributed by atoms with E-state index in [-0.39, 0.29) is 12.3 Å². The second-order valence-electron chi connectivity index (χ2n) is 6.56. The Balaban J connectivity index is 1.57. The summed E-state index contributed by atoms with van der Waals surface area (Å²) in [5.74, 6) is -0.0460. The predicted octanol–water partition coefficient (Wildman–Crippen LogP) is 4.91. The number of fused-ring (bicyclic) bond motifs is 1. The highest BCUT2D eigenvalue weighted by Gasteiger charge is 2.30. The molecule has 0 unspecified atom stereocenters. The molecular formula is C21H22ClNO4. The summed E-state index contributed by atoms with van der Waals surface area (Å²) in [6, 6.07) is 12.8. The maximum absolute atomic E-state index is 12.7. The Morgan fingerprint density at radius 3 is 2.56 bits per heavy atom. The smallest absolute Gasteiger partial charge is 0.303 e. The molecule has 0 aliphatic carbocycles. The fourth-order valence-electron chi connectivity index (χ4n) is 3.18. The van der Waals surface area contributed by atoms with Gasteiger partial charge in [0.25, 0.3) is 5.91 Å². The zero-order valence-electron chi connectivity index (χ0n) is 15.0. The first-order valence-corrected chi connectivity index (χ1v) is 9.48. The fourth-order valence-corrected chi connectivity index (χ4v) is 3.31. The zero-order chi connectivity index (χ0) is 19.2. The van der Waals surface area contributed by atoms with Crippen LogP contribution >= 0.6 is 11.6 Å². The minimum Gasteiger partial charge on any atom is -0.493 e. The molecule has 3 rings (SSSR count). The van der Waals surface area contributed by atoms with Gasteiger partial charge in [0.15, 0.2) is 0 Å². The van der Waals surface area contributed by atoms with E-state index in [1.165, 1.54) is 0 Å². The van der Waals surface area contributed by atoms with Gasteiger partial charge >= 0.3 is 5.97 Å². The summed E-state index contributed by atoms with van der Waals surface area (Å²) in [4.78, 5) is 24.9. The van der Waals surface area contributed by atoms with Crippen LogP contribution < -0.4 is 9.64 Å². The van der Waals surface area contributed by atoms with E-state index in [0.717, 1.165) is 36.3 Å². The van der Waals surface area contributed by atoms with E-state index < -0.39 is 5.97 Å². The van der Waals surface area contributed by atoms with Crippen LogP contribution in [-0.2, 0) is 11.3 Å². The second-order valence-corrected chi connectivity index (χ2v) is 6.99. The topological polar surface area (TPSA) is 66.8 Å². The van der Waals surface area contributed by atoms with Crippen molar-refractivity contribution in [2.45, 2.75) is 38.6 Å². The van der Waals surface area contributed by atoms with Crippen molar-refractivity contribution in [1.29, 1.82) is 0 Å². The van der Waals surface area contributed by atoms with E-state index in [0.29, 0.717) is 30.2 Å². The first-order valence-electron chi connectivity index (χ1n) is 9.10. The van der Waals surface area contributed by atoms with Gasteiger partial charge in [-0.3, -0.25) is 9.59 Å². The fraction of sp³-hybridized carbons (Fsp3) is 0.333. The molecule has 5 nitrogen and oxygen atoms in total. The second kappa shape index (κ2) is 8.91. The van der Waals surface area contributed by atoms with E-state index in [2.05, 4.69) is 0 Å². The molecule has 0 aromatic heterocycles. The Morgan fingerprint density at radius 2 is 1.81 bits per heavy atom. The first-order chi connectivity index (χ1) is 13.1. The van der Waals surface area contributed by atoms with Gasteiger partial charge < -0.3 is 14.7 Å². The number of nitrogens with zero attached hydrogens (tertiary/aromatic N) is 1. The quantitative estimate of drug-likeness (QED) is 0.620. The van der Waals surface area contributed by atoms with Crippen LogP contribution in [0.25, 0.3) is 0 Å². The Morgan fingerprint density at radius 1 is 1.07 bits per heavy atom. The predicted molar refractivity (Wildman–Crippen MR) is 105 cm³/mol. The van der Waals surface area contributed by atoms with Crippen molar-refractivity contribution >= 4 is 29.2 Å². The number of carboxylic acids is 1. The Bertz CT molecular complexity index is 819. The summed E-state index contributed by atoms with van der Waals surface area (Å²) in [6.07, 6.45) is 3.58. The van der Waals surface area contributed by atoms with Gasteiger partial charge in [-0.05, 0) is 49.2 Å². The molecule has 1 N–H and O–H groups in total. The molecular weight excluding hydrogens is 366 g/mol. The maximum atomic E-state index is 12.7. The van der Waals surface area contributed by atoms with E-state index in [9.17, 15) is 9.59 Å². The largest absolute Gasteiger partial charge is 0.493 e. The van der Waals surface area contributed by atoms with Gasteiger partial charge in [0.1, 0.15) is 5.75 Å². The van der Waals surface area contributed by atoms with Gasteiger partial charge in [-0.25, -0.2) is 0 Å². The number of benzene rings is 2. The summed E-state index contributed by atoms with van der Waals surface area (Å²) in [5.41, 5.74) is 2.39. The number of hydrogen-bond acceptors (Lipinski definition) is 3. The monoisotopic (exact) mass is 387 g/mol. The Labute approximate surface area is 163 Å². The number of carbonyl (C=O) groups excluding carboxylic acids is 1. The number of ether oxygens (including phenoxy) is 1. The highest BCUT2D eigenvalue weighted by molar-refractivity contribution is 6.30. The van der Waals surface area contributed by atoms with Crippen LogP contribution in [0.5, 0.6) is 5.75 Å². The number of unbranched alkanes of at least 4 members (excludes halogenated alkanes) is 3. The molecule has 0 radical (unpaired) electrons. The van der Waals surface area contributed by atoms with E-state index >= 15 is 0 Å². The van der Waals surface area contributed by atoms with Crippen LogP contribution in [0.15, 0.2) is 42.5 Å². The van der Waals surface area contributed by atoms with Crippen molar-refractivity contribution < 1.29 is 19.4 Å². The third-order valence-electron chi connectivity index (χ3n) is 4.61. The number of anilines is 1. The van der Waals surface area contributed by atoms with Crippen LogP contribution in [0.4, 0.5) is 5.69 Å². The minimum atomic E-state index is -0.749. The first kappa shape index (κ1) is 19.2. The zero-order valence-corrected chi connectivity index (χ0v) is 15.7. The number of carbonyl (C=O) groups is 2. The lowest BCUT2D eigenvalue weighted by molar-refractivity contribution is -0.137. The molecule has 0 fully saturated rings. The molecule has 1 aliphatic heterocycles. The van der Waals surface area contributed by atoms with Crippen molar-refractivity contribution in [3.05, 3.63) is 58.6 Å². The number of halogens is 1.